The maximum atomic E-state index is 12.5. The van der Waals surface area contributed by atoms with Gasteiger partial charge in [-0.15, -0.1) is 15.0 Å². The number of hydrogen-bond acceptors (Lipinski definition) is 5. The van der Waals surface area contributed by atoms with E-state index in [1.54, 1.807) is 6.07 Å². The predicted molar refractivity (Wildman–Crippen MR) is 120 cm³/mol. The van der Waals surface area contributed by atoms with E-state index in [4.69, 9.17) is 4.74 Å². The van der Waals surface area contributed by atoms with Crippen LogP contribution in [0.3, 0.4) is 0 Å². The highest BCUT2D eigenvalue weighted by Gasteiger charge is 2.14. The minimum Gasteiger partial charge on any atom is -0.481 e. The van der Waals surface area contributed by atoms with Crippen LogP contribution in [0.1, 0.15) is 16.7 Å². The molecule has 0 aliphatic rings. The van der Waals surface area contributed by atoms with Crippen LogP contribution in [0.5, 0.6) is 5.75 Å². The van der Waals surface area contributed by atoms with E-state index in [0.29, 0.717) is 17.9 Å². The van der Waals surface area contributed by atoms with Gasteiger partial charge in [-0.25, -0.2) is 0 Å². The van der Waals surface area contributed by atoms with Gasteiger partial charge in [0.05, 0.1) is 0 Å². The smallest absolute Gasteiger partial charge is 0.262 e. The summed E-state index contributed by atoms with van der Waals surface area (Å²) in [7, 11) is 0. The minimum atomic E-state index is -0.254. The molecule has 7 heteroatoms. The summed E-state index contributed by atoms with van der Waals surface area (Å²) in [6, 6.07) is 18.9. The highest BCUT2D eigenvalue weighted by atomic mass is 16.5. The molecule has 0 aliphatic carbocycles. The second kappa shape index (κ2) is 8.97. The second-order valence-electron chi connectivity index (χ2n) is 7.41. The summed E-state index contributed by atoms with van der Waals surface area (Å²) in [5.74, 6) is 0.230. The van der Waals surface area contributed by atoms with E-state index in [-0.39, 0.29) is 19.1 Å². The van der Waals surface area contributed by atoms with Crippen LogP contribution in [0.4, 0.5) is 5.69 Å². The number of carbonyl (C=O) groups is 1. The fourth-order valence-electron chi connectivity index (χ4n) is 3.38. The molecule has 0 aliphatic heterocycles. The lowest BCUT2D eigenvalue weighted by atomic mass is 10.1. The van der Waals surface area contributed by atoms with Crippen molar-refractivity contribution in [1.82, 2.24) is 15.0 Å². The average Bonchev–Trinajstić information content (AvgIpc) is 3.19. The molecule has 1 aromatic heterocycles. The van der Waals surface area contributed by atoms with Crippen LogP contribution in [0.25, 0.3) is 16.7 Å². The lowest BCUT2D eigenvalue weighted by Gasteiger charge is -2.13. The number of aliphatic hydroxyl groups is 1. The van der Waals surface area contributed by atoms with Crippen molar-refractivity contribution in [3.63, 3.8) is 0 Å². The Morgan fingerprint density at radius 3 is 2.45 bits per heavy atom. The molecule has 4 rings (SSSR count). The third-order valence-corrected chi connectivity index (χ3v) is 4.94. The molecule has 0 saturated heterocycles. The molecule has 0 radical (unpaired) electrons. The van der Waals surface area contributed by atoms with Gasteiger partial charge in [0.2, 0.25) is 0 Å². The Balaban J connectivity index is 1.56. The van der Waals surface area contributed by atoms with Crippen LogP contribution in [0.2, 0.25) is 0 Å². The number of fused-ring (bicyclic) bond motifs is 1. The lowest BCUT2D eigenvalue weighted by molar-refractivity contribution is -0.118. The van der Waals surface area contributed by atoms with Crippen LogP contribution >= 0.6 is 0 Å². The van der Waals surface area contributed by atoms with Crippen molar-refractivity contribution in [2.75, 3.05) is 18.5 Å². The van der Waals surface area contributed by atoms with Gasteiger partial charge in [0, 0.05) is 12.3 Å². The summed E-state index contributed by atoms with van der Waals surface area (Å²) in [6.45, 7) is 3.85. The summed E-state index contributed by atoms with van der Waals surface area (Å²) in [5, 5.41) is 21.2. The quantitative estimate of drug-likeness (QED) is 0.481. The van der Waals surface area contributed by atoms with E-state index in [1.165, 1.54) is 4.80 Å². The van der Waals surface area contributed by atoms with Crippen molar-refractivity contribution in [2.24, 2.45) is 0 Å². The fourth-order valence-corrected chi connectivity index (χ4v) is 3.38. The number of ether oxygens (including phenoxy) is 1. The zero-order valence-corrected chi connectivity index (χ0v) is 17.5. The van der Waals surface area contributed by atoms with Crippen molar-refractivity contribution in [3.8, 4) is 11.4 Å². The van der Waals surface area contributed by atoms with Crippen LogP contribution in [-0.2, 0) is 11.2 Å². The Morgan fingerprint density at radius 2 is 1.77 bits per heavy atom. The Hall–Kier alpha value is -3.71. The molecule has 4 aromatic rings. The summed E-state index contributed by atoms with van der Waals surface area (Å²) < 4.78 is 5.84. The van der Waals surface area contributed by atoms with Gasteiger partial charge in [0.1, 0.15) is 22.5 Å². The van der Waals surface area contributed by atoms with Gasteiger partial charge in [-0.2, -0.15) is 0 Å². The largest absolute Gasteiger partial charge is 0.481 e. The maximum absolute atomic E-state index is 12.5. The molecule has 31 heavy (non-hydrogen) atoms. The van der Waals surface area contributed by atoms with Crippen LogP contribution in [-0.4, -0.2) is 39.2 Å². The van der Waals surface area contributed by atoms with E-state index >= 15 is 0 Å². The monoisotopic (exact) mass is 416 g/mol. The molecule has 0 unspecified atom stereocenters. The molecule has 3 aromatic carbocycles. The zero-order valence-electron chi connectivity index (χ0n) is 17.5. The van der Waals surface area contributed by atoms with Gasteiger partial charge in [0.15, 0.2) is 6.61 Å². The van der Waals surface area contributed by atoms with Gasteiger partial charge >= 0.3 is 0 Å². The van der Waals surface area contributed by atoms with E-state index in [9.17, 15) is 9.90 Å². The van der Waals surface area contributed by atoms with Crippen LogP contribution < -0.4 is 10.1 Å². The Morgan fingerprint density at radius 1 is 1.03 bits per heavy atom. The van der Waals surface area contributed by atoms with Crippen molar-refractivity contribution in [2.45, 2.75) is 20.3 Å². The first-order chi connectivity index (χ1) is 15.0. The number of aromatic nitrogens is 3. The van der Waals surface area contributed by atoms with E-state index in [1.807, 2.05) is 68.4 Å². The first-order valence-electron chi connectivity index (χ1n) is 10.1. The Bertz CT molecular complexity index is 1200. The molecular formula is C24H24N4O3. The van der Waals surface area contributed by atoms with Crippen molar-refractivity contribution in [3.05, 3.63) is 77.4 Å². The molecule has 0 spiro atoms. The molecule has 2 N–H and O–H groups in total. The SMILES string of the molecule is Cc1ccc(NC(=O)COc2ccc(CCO)cc2-n2nc3ccccc3n2)c(C)c1. The van der Waals surface area contributed by atoms with Gasteiger partial charge in [-0.1, -0.05) is 35.9 Å². The third kappa shape index (κ3) is 4.73. The molecule has 0 atom stereocenters. The normalized spacial score (nSPS) is 10.9. The molecule has 7 nitrogen and oxygen atoms in total. The lowest BCUT2D eigenvalue weighted by Crippen LogP contribution is -2.21. The van der Waals surface area contributed by atoms with Gasteiger partial charge in [-0.3, -0.25) is 4.79 Å². The van der Waals surface area contributed by atoms with E-state index in [2.05, 4.69) is 15.5 Å². The number of aliphatic hydroxyl groups excluding tert-OH is 1. The first kappa shape index (κ1) is 20.6. The molecule has 0 bridgehead atoms. The number of benzene rings is 3. The van der Waals surface area contributed by atoms with E-state index < -0.39 is 0 Å². The zero-order chi connectivity index (χ0) is 21.8. The number of hydrogen-bond donors (Lipinski definition) is 2. The van der Waals surface area contributed by atoms with Gasteiger partial charge in [-0.05, 0) is 61.7 Å². The highest BCUT2D eigenvalue weighted by Crippen LogP contribution is 2.25. The highest BCUT2D eigenvalue weighted by molar-refractivity contribution is 5.92. The number of anilines is 1. The number of amides is 1. The number of rotatable bonds is 7. The van der Waals surface area contributed by atoms with Crippen LogP contribution in [0, 0.1) is 13.8 Å². The number of nitrogens with zero attached hydrogens (tertiary/aromatic N) is 3. The third-order valence-electron chi connectivity index (χ3n) is 4.94. The predicted octanol–water partition coefficient (Wildman–Crippen LogP) is 3.59. The summed E-state index contributed by atoms with van der Waals surface area (Å²) >= 11 is 0. The van der Waals surface area contributed by atoms with Crippen molar-refractivity contribution < 1.29 is 14.6 Å². The van der Waals surface area contributed by atoms with E-state index in [0.717, 1.165) is 33.4 Å². The Kier molecular flexibility index (Phi) is 5.95. The van der Waals surface area contributed by atoms with Gasteiger partial charge < -0.3 is 15.2 Å². The molecule has 1 amide bonds. The van der Waals surface area contributed by atoms with Crippen LogP contribution in [0.15, 0.2) is 60.7 Å². The average molecular weight is 416 g/mol. The number of carbonyl (C=O) groups excluding carboxylic acids is 1. The molecular weight excluding hydrogens is 392 g/mol. The first-order valence-corrected chi connectivity index (χ1v) is 10.1. The number of aryl methyl sites for hydroxylation is 2. The minimum absolute atomic E-state index is 0.0342. The Labute approximate surface area is 180 Å². The molecule has 158 valence electrons. The van der Waals surface area contributed by atoms with Crippen molar-refractivity contribution in [1.29, 1.82) is 0 Å². The molecule has 0 saturated carbocycles. The maximum Gasteiger partial charge on any atom is 0.262 e. The molecule has 0 fully saturated rings. The summed E-state index contributed by atoms with van der Waals surface area (Å²) in [5.41, 5.74) is 5.95. The summed E-state index contributed by atoms with van der Waals surface area (Å²) in [6.07, 6.45) is 0.501. The van der Waals surface area contributed by atoms with Gasteiger partial charge in [0.25, 0.3) is 5.91 Å². The molecule has 1 heterocycles. The fraction of sp³-hybridized carbons (Fsp3) is 0.208. The van der Waals surface area contributed by atoms with Crippen molar-refractivity contribution >= 4 is 22.6 Å². The topological polar surface area (TPSA) is 89.3 Å². The standard InChI is InChI=1S/C24H24N4O3/c1-16-7-9-19(17(2)13-16)25-24(30)15-31-23-10-8-18(11-12-29)14-22(23)28-26-20-5-3-4-6-21(20)27-28/h3-10,13-14,29H,11-12,15H2,1-2H3,(H,25,30). The number of nitrogens with one attached hydrogen (secondary N) is 1. The summed E-state index contributed by atoms with van der Waals surface area (Å²) in [4.78, 5) is 14.0. The second-order valence-corrected chi connectivity index (χ2v) is 7.41.